The van der Waals surface area contributed by atoms with E-state index >= 15 is 0 Å². The molecule has 2 saturated heterocycles. The molecule has 4 atom stereocenters. The van der Waals surface area contributed by atoms with Crippen molar-refractivity contribution in [2.45, 2.75) is 42.2 Å². The van der Waals surface area contributed by atoms with Gasteiger partial charge in [-0.1, -0.05) is 0 Å². The van der Waals surface area contributed by atoms with Gasteiger partial charge in [0.05, 0.1) is 12.7 Å². The molecule has 0 aliphatic carbocycles. The molecular weight excluding hydrogens is 354 g/mol. The van der Waals surface area contributed by atoms with Crippen LogP contribution in [0.15, 0.2) is 0 Å². The molecule has 0 radical (unpaired) electrons. The van der Waals surface area contributed by atoms with Crippen LogP contribution in [0.4, 0.5) is 8.78 Å². The lowest BCUT2D eigenvalue weighted by Gasteiger charge is -2.37. The monoisotopic (exact) mass is 366 g/mol. The Morgan fingerprint density at radius 3 is 2.50 bits per heavy atom. The third-order valence-corrected chi connectivity index (χ3v) is 6.33. The van der Waals surface area contributed by atoms with Gasteiger partial charge in [0.2, 0.25) is 0 Å². The van der Waals surface area contributed by atoms with Crippen molar-refractivity contribution in [1.29, 1.82) is 0 Å². The first-order valence-corrected chi connectivity index (χ1v) is 8.76. The molecule has 2 heterocycles. The minimum Gasteiger partial charge on any atom is -0.450 e. The number of carbonyl (C=O) groups is 1. The molecule has 0 spiro atoms. The molecule has 0 amide bonds. The van der Waals surface area contributed by atoms with E-state index in [0.717, 1.165) is 6.92 Å². The Bertz CT molecular complexity index is 701. The van der Waals surface area contributed by atoms with Crippen molar-refractivity contribution in [1.82, 2.24) is 0 Å². The smallest absolute Gasteiger partial charge is 0.450 e. The summed E-state index contributed by atoms with van der Waals surface area (Å²) in [5.41, 5.74) is -2.08. The lowest BCUT2D eigenvalue weighted by Crippen LogP contribution is -2.59. The zero-order valence-corrected chi connectivity index (χ0v) is 12.9. The van der Waals surface area contributed by atoms with Crippen molar-refractivity contribution < 1.29 is 48.6 Å². The van der Waals surface area contributed by atoms with Crippen LogP contribution < -0.4 is 0 Å². The Labute approximate surface area is 124 Å². The molecule has 2 aliphatic rings. The Hall–Kier alpha value is -0.890. The first-order valence-electron chi connectivity index (χ1n) is 5.85. The van der Waals surface area contributed by atoms with Gasteiger partial charge in [-0.2, -0.15) is 25.6 Å². The van der Waals surface area contributed by atoms with Gasteiger partial charge in [-0.25, -0.2) is 4.79 Å². The van der Waals surface area contributed by atoms with Crippen molar-refractivity contribution in [3.63, 3.8) is 0 Å². The summed E-state index contributed by atoms with van der Waals surface area (Å²) in [5, 5.41) is -6.85. The molecular formula is C9H12F2O9S2. The summed E-state index contributed by atoms with van der Waals surface area (Å²) < 4.78 is 93.9. The number of carbonyl (C=O) groups excluding carboxylic acids is 1. The van der Waals surface area contributed by atoms with Crippen LogP contribution in [0.25, 0.3) is 0 Å². The van der Waals surface area contributed by atoms with E-state index in [-0.39, 0.29) is 0 Å². The van der Waals surface area contributed by atoms with E-state index in [9.17, 15) is 30.4 Å². The number of alkyl halides is 2. The van der Waals surface area contributed by atoms with E-state index in [1.807, 2.05) is 0 Å². The van der Waals surface area contributed by atoms with Crippen molar-refractivity contribution in [2.75, 3.05) is 6.61 Å². The Balaban J connectivity index is 2.39. The zero-order valence-electron chi connectivity index (χ0n) is 11.2. The van der Waals surface area contributed by atoms with Gasteiger partial charge in [-0.3, -0.25) is 8.74 Å². The molecule has 9 nitrogen and oxygen atoms in total. The summed E-state index contributed by atoms with van der Waals surface area (Å²) >= 11 is 0. The van der Waals surface area contributed by atoms with Gasteiger partial charge in [-0.15, -0.1) is 0 Å². The molecule has 2 bridgehead atoms. The van der Waals surface area contributed by atoms with Crippen LogP contribution in [0.2, 0.25) is 0 Å². The third-order valence-electron chi connectivity index (χ3n) is 3.58. The van der Waals surface area contributed by atoms with E-state index in [1.54, 1.807) is 0 Å². The molecule has 2 aliphatic heterocycles. The van der Waals surface area contributed by atoms with E-state index in [1.165, 1.54) is 6.92 Å². The van der Waals surface area contributed by atoms with Crippen LogP contribution in [-0.4, -0.2) is 62.3 Å². The summed E-state index contributed by atoms with van der Waals surface area (Å²) in [6, 6.07) is 0. The van der Waals surface area contributed by atoms with Crippen molar-refractivity contribution in [2.24, 2.45) is 0 Å². The average molecular weight is 366 g/mol. The van der Waals surface area contributed by atoms with Gasteiger partial charge in [0.15, 0.2) is 10.9 Å². The summed E-state index contributed by atoms with van der Waals surface area (Å²) in [5.74, 6) is -2.60. The zero-order chi connectivity index (χ0) is 17.1. The molecule has 128 valence electrons. The number of hydrogen-bond donors (Lipinski definition) is 1. The predicted molar refractivity (Wildman–Crippen MR) is 64.0 cm³/mol. The predicted octanol–water partition coefficient (Wildman–Crippen LogP) is -0.715. The SMILES string of the molecule is CC1OC2COS(=O)(=O)C1C2(C)OC(=O)C(F)(F)S(=O)(=O)O. The first-order chi connectivity index (χ1) is 9.73. The minimum absolute atomic E-state index is 0.579. The van der Waals surface area contributed by atoms with Crippen molar-refractivity contribution >= 4 is 26.2 Å². The normalized spacial score (nSPS) is 37.8. The molecule has 0 aromatic rings. The first kappa shape index (κ1) is 17.5. The van der Waals surface area contributed by atoms with E-state index in [0.29, 0.717) is 0 Å². The van der Waals surface area contributed by atoms with Gasteiger partial charge in [0, 0.05) is 0 Å². The average Bonchev–Trinajstić information content (AvgIpc) is 2.47. The lowest BCUT2D eigenvalue weighted by atomic mass is 9.95. The molecule has 1 N–H and O–H groups in total. The molecule has 0 saturated carbocycles. The fourth-order valence-corrected chi connectivity index (χ4v) is 4.58. The second-order valence-electron chi connectivity index (χ2n) is 5.09. The van der Waals surface area contributed by atoms with Gasteiger partial charge in [0.1, 0.15) is 6.10 Å². The molecule has 0 aromatic carbocycles. The lowest BCUT2D eigenvalue weighted by molar-refractivity contribution is -0.183. The molecule has 2 fully saturated rings. The Morgan fingerprint density at radius 2 is 2.00 bits per heavy atom. The molecule has 22 heavy (non-hydrogen) atoms. The fraction of sp³-hybridized carbons (Fsp3) is 0.889. The van der Waals surface area contributed by atoms with Crippen LogP contribution in [-0.2, 0) is 38.7 Å². The molecule has 0 aromatic heterocycles. The second-order valence-corrected chi connectivity index (χ2v) is 8.28. The maximum absolute atomic E-state index is 13.3. The summed E-state index contributed by atoms with van der Waals surface area (Å²) in [4.78, 5) is 11.4. The van der Waals surface area contributed by atoms with Crippen molar-refractivity contribution in [3.8, 4) is 0 Å². The highest BCUT2D eigenvalue weighted by Crippen LogP contribution is 2.44. The Morgan fingerprint density at radius 1 is 1.45 bits per heavy atom. The third kappa shape index (κ3) is 2.40. The number of halogens is 2. The maximum Gasteiger partial charge on any atom is 0.465 e. The largest absolute Gasteiger partial charge is 0.465 e. The number of fused-ring (bicyclic) bond motifs is 2. The van der Waals surface area contributed by atoms with E-state index in [2.05, 4.69) is 8.92 Å². The topological polar surface area (TPSA) is 133 Å². The van der Waals surface area contributed by atoms with Gasteiger partial charge in [-0.05, 0) is 13.8 Å². The number of rotatable bonds is 3. The van der Waals surface area contributed by atoms with Crippen molar-refractivity contribution in [3.05, 3.63) is 0 Å². The second kappa shape index (κ2) is 4.80. The standard InChI is InChI=1S/C9H12F2O9S2/c1-4-6-8(2,5(19-4)3-18-21(6,13)14)20-7(12)9(10,11)22(15,16)17/h4-6H,3H2,1-2H3,(H,15,16,17). The van der Waals surface area contributed by atoms with Crippen LogP contribution in [0, 0.1) is 0 Å². The number of esters is 1. The number of hydrogen-bond acceptors (Lipinski definition) is 8. The highest BCUT2D eigenvalue weighted by Gasteiger charge is 2.67. The summed E-state index contributed by atoms with van der Waals surface area (Å²) in [7, 11) is -10.3. The Kier molecular flexibility index (Phi) is 3.81. The van der Waals surface area contributed by atoms with Gasteiger partial charge >= 0.3 is 21.3 Å². The highest BCUT2D eigenvalue weighted by atomic mass is 32.2. The van der Waals surface area contributed by atoms with Gasteiger partial charge < -0.3 is 9.47 Å². The number of ether oxygens (including phenoxy) is 2. The van der Waals surface area contributed by atoms with Crippen LogP contribution in [0.1, 0.15) is 13.8 Å². The van der Waals surface area contributed by atoms with E-state index < -0.39 is 61.1 Å². The fourth-order valence-electron chi connectivity index (χ4n) is 2.56. The van der Waals surface area contributed by atoms with Gasteiger partial charge in [0.25, 0.3) is 10.1 Å². The summed E-state index contributed by atoms with van der Waals surface area (Å²) in [6.45, 7) is 1.75. The maximum atomic E-state index is 13.3. The minimum atomic E-state index is -6.07. The highest BCUT2D eigenvalue weighted by molar-refractivity contribution is 7.88. The quantitative estimate of drug-likeness (QED) is 0.390. The van der Waals surface area contributed by atoms with Crippen LogP contribution >= 0.6 is 0 Å². The van der Waals surface area contributed by atoms with Crippen LogP contribution in [0.3, 0.4) is 0 Å². The molecule has 2 rings (SSSR count). The summed E-state index contributed by atoms with van der Waals surface area (Å²) in [6.07, 6.45) is -2.22. The van der Waals surface area contributed by atoms with Crippen LogP contribution in [0.5, 0.6) is 0 Å². The molecule has 4 unspecified atom stereocenters. The molecule has 13 heteroatoms. The van der Waals surface area contributed by atoms with E-state index in [4.69, 9.17) is 9.29 Å².